The van der Waals surface area contributed by atoms with Crippen LogP contribution < -0.4 is 0 Å². The van der Waals surface area contributed by atoms with Gasteiger partial charge in [-0.3, -0.25) is 0 Å². The van der Waals surface area contributed by atoms with Crippen molar-refractivity contribution in [1.82, 2.24) is 0 Å². The fourth-order valence-electron chi connectivity index (χ4n) is 1.07. The molecule has 1 N–H and O–H groups in total. The average molecular weight is 218 g/mol. The fourth-order valence-corrected chi connectivity index (χ4v) is 1.07. The molecule has 0 rings (SSSR count). The fraction of sp³-hybridized carbons (Fsp3) is 1.00. The topological polar surface area (TPSA) is 38.7 Å². The van der Waals surface area contributed by atoms with Crippen LogP contribution in [0.25, 0.3) is 0 Å². The highest BCUT2D eigenvalue weighted by atomic mass is 16.7. The van der Waals surface area contributed by atoms with E-state index < -0.39 is 11.9 Å². The summed E-state index contributed by atoms with van der Waals surface area (Å²) in [6.07, 6.45) is 1.56. The van der Waals surface area contributed by atoms with Gasteiger partial charge in [-0.05, 0) is 26.2 Å². The maximum Gasteiger partial charge on any atom is 0.185 e. The summed E-state index contributed by atoms with van der Waals surface area (Å²) in [5, 5.41) is 9.84. The summed E-state index contributed by atoms with van der Waals surface area (Å²) in [7, 11) is 0. The van der Waals surface area contributed by atoms with Gasteiger partial charge in [-0.25, -0.2) is 0 Å². The predicted octanol–water partition coefficient (Wildman–Crippen LogP) is 2.57. The van der Waals surface area contributed by atoms with Crippen molar-refractivity contribution in [3.05, 3.63) is 0 Å². The van der Waals surface area contributed by atoms with Crippen molar-refractivity contribution in [1.29, 1.82) is 0 Å². The highest BCUT2D eigenvalue weighted by molar-refractivity contribution is 4.70. The van der Waals surface area contributed by atoms with Crippen LogP contribution in [0.2, 0.25) is 0 Å². The third kappa shape index (κ3) is 7.77. The van der Waals surface area contributed by atoms with Crippen LogP contribution in [0.4, 0.5) is 0 Å². The zero-order valence-electron chi connectivity index (χ0n) is 10.7. The van der Waals surface area contributed by atoms with Crippen molar-refractivity contribution in [3.63, 3.8) is 0 Å². The van der Waals surface area contributed by atoms with Gasteiger partial charge in [0, 0.05) is 6.61 Å². The summed E-state index contributed by atoms with van der Waals surface area (Å²) in [5.74, 6) is 0.449. The Balaban J connectivity index is 3.96. The summed E-state index contributed by atoms with van der Waals surface area (Å²) < 4.78 is 11.1. The molecule has 0 aromatic heterocycles. The monoisotopic (exact) mass is 218 g/mol. The Hall–Kier alpha value is -0.120. The Morgan fingerprint density at radius 3 is 2.20 bits per heavy atom. The molecule has 0 saturated heterocycles. The van der Waals surface area contributed by atoms with Gasteiger partial charge in [-0.2, -0.15) is 0 Å². The van der Waals surface area contributed by atoms with E-state index in [0.717, 1.165) is 12.8 Å². The van der Waals surface area contributed by atoms with Crippen molar-refractivity contribution in [2.24, 2.45) is 5.92 Å². The SMILES string of the molecule is CCCCO[C@@H](OCC(C)C)C(C)(C)O. The average Bonchev–Trinajstić information content (AvgIpc) is 2.08. The highest BCUT2D eigenvalue weighted by Crippen LogP contribution is 2.15. The van der Waals surface area contributed by atoms with Crippen LogP contribution in [0, 0.1) is 5.92 Å². The lowest BCUT2D eigenvalue weighted by Gasteiger charge is -2.29. The third-order valence-corrected chi connectivity index (χ3v) is 1.92. The zero-order chi connectivity index (χ0) is 11.9. The van der Waals surface area contributed by atoms with E-state index in [1.165, 1.54) is 0 Å². The van der Waals surface area contributed by atoms with E-state index in [1.54, 1.807) is 13.8 Å². The van der Waals surface area contributed by atoms with Crippen LogP contribution >= 0.6 is 0 Å². The van der Waals surface area contributed by atoms with E-state index in [-0.39, 0.29) is 0 Å². The number of rotatable bonds is 8. The number of aliphatic hydroxyl groups is 1. The first kappa shape index (κ1) is 14.9. The predicted molar refractivity (Wildman–Crippen MR) is 61.7 cm³/mol. The molecule has 1 atom stereocenters. The van der Waals surface area contributed by atoms with Gasteiger partial charge < -0.3 is 14.6 Å². The molecule has 0 heterocycles. The van der Waals surface area contributed by atoms with Gasteiger partial charge >= 0.3 is 0 Å². The molecule has 3 heteroatoms. The quantitative estimate of drug-likeness (QED) is 0.502. The standard InChI is InChI=1S/C12H26O3/c1-6-7-8-14-11(12(4,5)13)15-9-10(2)3/h10-11,13H,6-9H2,1-5H3/t11-/m0/s1. The van der Waals surface area contributed by atoms with E-state index in [2.05, 4.69) is 20.8 Å². The molecular weight excluding hydrogens is 192 g/mol. The Morgan fingerprint density at radius 1 is 1.20 bits per heavy atom. The van der Waals surface area contributed by atoms with Crippen molar-refractivity contribution in [2.75, 3.05) is 13.2 Å². The maximum atomic E-state index is 9.84. The van der Waals surface area contributed by atoms with Crippen molar-refractivity contribution < 1.29 is 14.6 Å². The van der Waals surface area contributed by atoms with E-state index in [1.807, 2.05) is 0 Å². The highest BCUT2D eigenvalue weighted by Gasteiger charge is 2.28. The Morgan fingerprint density at radius 2 is 1.80 bits per heavy atom. The van der Waals surface area contributed by atoms with Crippen LogP contribution in [0.5, 0.6) is 0 Å². The first-order valence-electron chi connectivity index (χ1n) is 5.83. The summed E-state index contributed by atoms with van der Waals surface area (Å²) in [6.45, 7) is 10.9. The van der Waals surface area contributed by atoms with Crippen molar-refractivity contribution in [3.8, 4) is 0 Å². The largest absolute Gasteiger partial charge is 0.385 e. The molecule has 0 radical (unpaired) electrons. The van der Waals surface area contributed by atoms with Gasteiger partial charge in [0.1, 0.15) is 5.60 Å². The minimum Gasteiger partial charge on any atom is -0.385 e. The minimum atomic E-state index is -0.942. The van der Waals surface area contributed by atoms with Crippen molar-refractivity contribution >= 4 is 0 Å². The number of hydrogen-bond acceptors (Lipinski definition) is 3. The number of ether oxygens (including phenoxy) is 2. The number of hydrogen-bond donors (Lipinski definition) is 1. The molecule has 0 spiro atoms. The van der Waals surface area contributed by atoms with Gasteiger partial charge in [0.05, 0.1) is 6.61 Å². The molecule has 0 aromatic rings. The van der Waals surface area contributed by atoms with E-state index in [0.29, 0.717) is 19.1 Å². The minimum absolute atomic E-state index is 0.449. The van der Waals surface area contributed by atoms with Crippen molar-refractivity contribution in [2.45, 2.75) is 59.4 Å². The Bertz CT molecular complexity index is 149. The molecule has 92 valence electrons. The summed E-state index contributed by atoms with van der Waals surface area (Å²) >= 11 is 0. The lowest BCUT2D eigenvalue weighted by atomic mass is 10.1. The van der Waals surface area contributed by atoms with Crippen LogP contribution in [-0.4, -0.2) is 30.2 Å². The molecule has 15 heavy (non-hydrogen) atoms. The second kappa shape index (κ2) is 7.20. The first-order chi connectivity index (χ1) is 6.88. The molecule has 0 aliphatic carbocycles. The summed E-state index contributed by atoms with van der Waals surface area (Å²) in [5.41, 5.74) is -0.942. The van der Waals surface area contributed by atoms with Gasteiger partial charge in [0.2, 0.25) is 0 Å². The normalized spacial score (nSPS) is 14.6. The zero-order valence-corrected chi connectivity index (χ0v) is 10.7. The molecule has 3 nitrogen and oxygen atoms in total. The second-order valence-electron chi connectivity index (χ2n) is 4.94. The Labute approximate surface area is 93.8 Å². The van der Waals surface area contributed by atoms with Gasteiger partial charge in [-0.15, -0.1) is 0 Å². The van der Waals surface area contributed by atoms with Gasteiger partial charge in [-0.1, -0.05) is 27.2 Å². The molecule has 0 saturated carbocycles. The van der Waals surface area contributed by atoms with Crippen LogP contribution in [0.15, 0.2) is 0 Å². The van der Waals surface area contributed by atoms with Crippen LogP contribution in [-0.2, 0) is 9.47 Å². The lowest BCUT2D eigenvalue weighted by molar-refractivity contribution is -0.230. The second-order valence-corrected chi connectivity index (χ2v) is 4.94. The summed E-state index contributed by atoms with van der Waals surface area (Å²) in [6, 6.07) is 0. The molecule has 0 aromatic carbocycles. The van der Waals surface area contributed by atoms with E-state index in [9.17, 15) is 5.11 Å². The lowest BCUT2D eigenvalue weighted by Crippen LogP contribution is -2.41. The first-order valence-corrected chi connectivity index (χ1v) is 5.83. The molecule has 0 aliphatic rings. The smallest absolute Gasteiger partial charge is 0.185 e. The molecule has 0 amide bonds. The molecule has 0 unspecified atom stereocenters. The third-order valence-electron chi connectivity index (χ3n) is 1.92. The Kier molecular flexibility index (Phi) is 7.14. The van der Waals surface area contributed by atoms with E-state index in [4.69, 9.17) is 9.47 Å². The summed E-state index contributed by atoms with van der Waals surface area (Å²) in [4.78, 5) is 0. The van der Waals surface area contributed by atoms with Crippen LogP contribution in [0.3, 0.4) is 0 Å². The van der Waals surface area contributed by atoms with Gasteiger partial charge in [0.15, 0.2) is 6.29 Å². The molecule has 0 aliphatic heterocycles. The molecule has 0 fully saturated rings. The van der Waals surface area contributed by atoms with Crippen LogP contribution in [0.1, 0.15) is 47.5 Å². The van der Waals surface area contributed by atoms with E-state index >= 15 is 0 Å². The van der Waals surface area contributed by atoms with Gasteiger partial charge in [0.25, 0.3) is 0 Å². The molecule has 0 bridgehead atoms. The maximum absolute atomic E-state index is 9.84. The number of unbranched alkanes of at least 4 members (excludes halogenated alkanes) is 1. The molecular formula is C12H26O3.